The van der Waals surface area contributed by atoms with Crippen LogP contribution in [0, 0.1) is 13.8 Å². The van der Waals surface area contributed by atoms with E-state index in [1.807, 2.05) is 20.0 Å². The summed E-state index contributed by atoms with van der Waals surface area (Å²) in [6.45, 7) is 4.69. The van der Waals surface area contributed by atoms with Gasteiger partial charge in [0.05, 0.1) is 17.9 Å². The summed E-state index contributed by atoms with van der Waals surface area (Å²) >= 11 is 1.52. The van der Waals surface area contributed by atoms with Crippen LogP contribution in [0.1, 0.15) is 16.3 Å². The van der Waals surface area contributed by atoms with Gasteiger partial charge in [-0.3, -0.25) is 0 Å². The van der Waals surface area contributed by atoms with Crippen molar-refractivity contribution in [1.29, 1.82) is 0 Å². The monoisotopic (exact) mass is 194 g/mol. The number of hydrogen-bond donors (Lipinski definition) is 0. The molecule has 0 saturated carbocycles. The Balaban J connectivity index is 2.14. The van der Waals surface area contributed by atoms with Crippen molar-refractivity contribution in [1.82, 2.24) is 19.4 Å². The fourth-order valence-corrected chi connectivity index (χ4v) is 1.69. The zero-order valence-corrected chi connectivity index (χ0v) is 8.38. The Kier molecular flexibility index (Phi) is 2.10. The highest BCUT2D eigenvalue weighted by Gasteiger charge is 2.00. The van der Waals surface area contributed by atoms with Gasteiger partial charge in [-0.2, -0.15) is 4.37 Å². The van der Waals surface area contributed by atoms with Crippen LogP contribution in [0.5, 0.6) is 0 Å². The van der Waals surface area contributed by atoms with E-state index < -0.39 is 0 Å². The third kappa shape index (κ3) is 1.92. The van der Waals surface area contributed by atoms with E-state index in [4.69, 9.17) is 0 Å². The topological polar surface area (TPSA) is 43.6 Å². The van der Waals surface area contributed by atoms with Crippen molar-refractivity contribution < 1.29 is 0 Å². The molecule has 0 atom stereocenters. The molecular weight excluding hydrogens is 184 g/mol. The second-order valence-corrected chi connectivity index (χ2v) is 4.00. The van der Waals surface area contributed by atoms with Gasteiger partial charge in [-0.15, -0.1) is 5.10 Å². The predicted molar refractivity (Wildman–Crippen MR) is 50.7 cm³/mol. The quantitative estimate of drug-likeness (QED) is 0.725. The molecule has 2 heterocycles. The smallest absolute Gasteiger partial charge is 0.0860 e. The lowest BCUT2D eigenvalue weighted by atomic mass is 10.4. The molecule has 68 valence electrons. The number of aryl methyl sites for hydroxylation is 2. The SMILES string of the molecule is Cc1cn(Cc2cc(C)sn2)nn1. The lowest BCUT2D eigenvalue weighted by Crippen LogP contribution is -2.00. The molecule has 4 nitrogen and oxygen atoms in total. The summed E-state index contributed by atoms with van der Waals surface area (Å²) in [5.74, 6) is 0. The zero-order chi connectivity index (χ0) is 9.26. The van der Waals surface area contributed by atoms with Crippen LogP contribution >= 0.6 is 11.5 Å². The van der Waals surface area contributed by atoms with E-state index in [9.17, 15) is 0 Å². The number of hydrogen-bond acceptors (Lipinski definition) is 4. The maximum absolute atomic E-state index is 4.27. The molecule has 2 aromatic heterocycles. The van der Waals surface area contributed by atoms with Crippen molar-refractivity contribution in [2.75, 3.05) is 0 Å². The van der Waals surface area contributed by atoms with Gasteiger partial charge in [0.25, 0.3) is 0 Å². The van der Waals surface area contributed by atoms with Crippen molar-refractivity contribution in [2.24, 2.45) is 0 Å². The predicted octanol–water partition coefficient (Wildman–Crippen LogP) is 1.40. The highest BCUT2D eigenvalue weighted by molar-refractivity contribution is 7.05. The molecule has 0 amide bonds. The Hall–Kier alpha value is -1.23. The third-order valence-electron chi connectivity index (χ3n) is 1.65. The van der Waals surface area contributed by atoms with Gasteiger partial charge in [-0.05, 0) is 31.4 Å². The molecule has 2 rings (SSSR count). The minimum atomic E-state index is 0.713. The maximum atomic E-state index is 4.27. The molecule has 0 saturated heterocycles. The molecule has 0 radical (unpaired) electrons. The van der Waals surface area contributed by atoms with E-state index in [2.05, 4.69) is 20.8 Å². The average Bonchev–Trinajstić information content (AvgIpc) is 2.62. The van der Waals surface area contributed by atoms with Gasteiger partial charge in [0.15, 0.2) is 0 Å². The Morgan fingerprint density at radius 1 is 1.46 bits per heavy atom. The number of nitrogens with zero attached hydrogens (tertiary/aromatic N) is 4. The molecule has 0 bridgehead atoms. The van der Waals surface area contributed by atoms with E-state index in [0.29, 0.717) is 6.54 Å². The summed E-state index contributed by atoms with van der Waals surface area (Å²) < 4.78 is 6.07. The lowest BCUT2D eigenvalue weighted by molar-refractivity contribution is 0.642. The molecule has 0 N–H and O–H groups in total. The van der Waals surface area contributed by atoms with Gasteiger partial charge >= 0.3 is 0 Å². The van der Waals surface area contributed by atoms with Crippen LogP contribution in [-0.2, 0) is 6.54 Å². The Labute approximate surface area is 80.4 Å². The summed E-state index contributed by atoms with van der Waals surface area (Å²) in [5, 5.41) is 7.86. The largest absolute Gasteiger partial charge is 0.246 e. The van der Waals surface area contributed by atoms with E-state index in [0.717, 1.165) is 11.4 Å². The fourth-order valence-electron chi connectivity index (χ4n) is 1.13. The minimum absolute atomic E-state index is 0.713. The van der Waals surface area contributed by atoms with Crippen LogP contribution in [0.15, 0.2) is 12.3 Å². The molecule has 0 unspecified atom stereocenters. The van der Waals surface area contributed by atoms with Crippen LogP contribution in [0.2, 0.25) is 0 Å². The summed E-state index contributed by atoms with van der Waals surface area (Å²) in [5.41, 5.74) is 1.99. The second-order valence-electron chi connectivity index (χ2n) is 2.99. The van der Waals surface area contributed by atoms with Gasteiger partial charge < -0.3 is 0 Å². The highest BCUT2D eigenvalue weighted by atomic mass is 32.1. The van der Waals surface area contributed by atoms with Crippen LogP contribution in [0.4, 0.5) is 0 Å². The van der Waals surface area contributed by atoms with Crippen molar-refractivity contribution in [3.8, 4) is 0 Å². The number of rotatable bonds is 2. The first kappa shape index (κ1) is 8.37. The van der Waals surface area contributed by atoms with Crippen LogP contribution < -0.4 is 0 Å². The minimum Gasteiger partial charge on any atom is -0.246 e. The molecule has 0 aromatic carbocycles. The van der Waals surface area contributed by atoms with Crippen molar-refractivity contribution in [3.05, 3.63) is 28.5 Å². The van der Waals surface area contributed by atoms with Crippen LogP contribution in [-0.4, -0.2) is 19.4 Å². The van der Waals surface area contributed by atoms with Crippen LogP contribution in [0.3, 0.4) is 0 Å². The van der Waals surface area contributed by atoms with Gasteiger partial charge in [0.1, 0.15) is 0 Å². The van der Waals surface area contributed by atoms with E-state index in [1.165, 1.54) is 16.4 Å². The van der Waals surface area contributed by atoms with Crippen molar-refractivity contribution in [2.45, 2.75) is 20.4 Å². The molecule has 0 spiro atoms. The fraction of sp³-hybridized carbons (Fsp3) is 0.375. The first-order valence-corrected chi connectivity index (χ1v) is 4.80. The second kappa shape index (κ2) is 3.26. The standard InChI is InChI=1S/C8H10N4S/c1-6-4-12(11-9-6)5-8-3-7(2)13-10-8/h3-4H,5H2,1-2H3. The summed E-state index contributed by atoms with van der Waals surface area (Å²) in [6.07, 6.45) is 1.91. The molecule has 0 aliphatic rings. The van der Waals surface area contributed by atoms with Gasteiger partial charge in [0, 0.05) is 11.1 Å². The lowest BCUT2D eigenvalue weighted by Gasteiger charge is -1.93. The maximum Gasteiger partial charge on any atom is 0.0860 e. The first-order valence-electron chi connectivity index (χ1n) is 4.03. The molecular formula is C8H10N4S. The molecule has 2 aromatic rings. The molecule has 13 heavy (non-hydrogen) atoms. The summed E-state index contributed by atoms with van der Waals surface area (Å²) in [6, 6.07) is 2.07. The molecule has 0 fully saturated rings. The van der Waals surface area contributed by atoms with Gasteiger partial charge in [-0.25, -0.2) is 4.68 Å². The zero-order valence-electron chi connectivity index (χ0n) is 7.56. The Morgan fingerprint density at radius 3 is 2.85 bits per heavy atom. The van der Waals surface area contributed by atoms with Gasteiger partial charge in [0.2, 0.25) is 0 Å². The van der Waals surface area contributed by atoms with Crippen LogP contribution in [0.25, 0.3) is 0 Å². The molecule has 0 aliphatic carbocycles. The van der Waals surface area contributed by atoms with E-state index >= 15 is 0 Å². The third-order valence-corrected chi connectivity index (χ3v) is 2.39. The first-order chi connectivity index (χ1) is 6.24. The van der Waals surface area contributed by atoms with Gasteiger partial charge in [-0.1, -0.05) is 5.21 Å². The van der Waals surface area contributed by atoms with E-state index in [-0.39, 0.29) is 0 Å². The molecule has 0 aliphatic heterocycles. The Bertz CT molecular complexity index is 365. The summed E-state index contributed by atoms with van der Waals surface area (Å²) in [4.78, 5) is 1.23. The highest BCUT2D eigenvalue weighted by Crippen LogP contribution is 2.08. The van der Waals surface area contributed by atoms with Crippen molar-refractivity contribution in [3.63, 3.8) is 0 Å². The normalized spacial score (nSPS) is 10.6. The van der Waals surface area contributed by atoms with E-state index in [1.54, 1.807) is 4.68 Å². The number of aromatic nitrogens is 4. The molecule has 5 heteroatoms. The Morgan fingerprint density at radius 2 is 2.31 bits per heavy atom. The van der Waals surface area contributed by atoms with Crippen molar-refractivity contribution >= 4 is 11.5 Å². The summed E-state index contributed by atoms with van der Waals surface area (Å²) in [7, 11) is 0. The average molecular weight is 194 g/mol.